The molecule has 0 bridgehead atoms. The van der Waals surface area contributed by atoms with Gasteiger partial charge < -0.3 is 20.7 Å². The average molecular weight is 648 g/mol. The van der Waals surface area contributed by atoms with E-state index in [1.165, 1.54) is 6.92 Å². The minimum Gasteiger partial charge on any atom is -0.461 e. The van der Waals surface area contributed by atoms with Crippen LogP contribution in [-0.4, -0.2) is 70.3 Å². The van der Waals surface area contributed by atoms with Crippen LogP contribution in [0.1, 0.15) is 68.6 Å². The molecule has 0 radical (unpaired) electrons. The van der Waals surface area contributed by atoms with E-state index in [2.05, 4.69) is 32.0 Å². The zero-order valence-electron chi connectivity index (χ0n) is 25.5. The molecule has 4 aliphatic heterocycles. The number of ether oxygens (including phenoxy) is 1. The summed E-state index contributed by atoms with van der Waals surface area (Å²) >= 11 is 6.95. The first-order valence-electron chi connectivity index (χ1n) is 16.0. The third-order valence-electron chi connectivity index (χ3n) is 10.4. The molecule has 45 heavy (non-hydrogen) atoms. The number of fused-ring (bicyclic) bond motifs is 3. The van der Waals surface area contributed by atoms with E-state index in [9.17, 15) is 13.2 Å². The number of aromatic nitrogens is 3. The predicted octanol–water partition coefficient (Wildman–Crippen LogP) is 6.29. The second-order valence-electron chi connectivity index (χ2n) is 12.9. The van der Waals surface area contributed by atoms with Gasteiger partial charge in [-0.3, -0.25) is 4.90 Å². The van der Waals surface area contributed by atoms with Crippen LogP contribution in [0.25, 0.3) is 22.2 Å². The molecule has 0 spiro atoms. The Hall–Kier alpha value is -2.96. The highest BCUT2D eigenvalue weighted by atomic mass is 35.5. The Bertz CT molecular complexity index is 1640. The number of rotatable bonds is 5. The van der Waals surface area contributed by atoms with Crippen molar-refractivity contribution in [3.8, 4) is 17.3 Å². The smallest absolute Gasteiger partial charge is 0.418 e. The van der Waals surface area contributed by atoms with Gasteiger partial charge in [-0.1, -0.05) is 18.5 Å². The van der Waals surface area contributed by atoms with Crippen molar-refractivity contribution >= 4 is 34.1 Å². The van der Waals surface area contributed by atoms with Crippen LogP contribution >= 0.6 is 11.6 Å². The maximum Gasteiger partial charge on any atom is 0.418 e. The maximum atomic E-state index is 17.0. The third kappa shape index (κ3) is 5.07. The predicted molar refractivity (Wildman–Crippen MR) is 166 cm³/mol. The van der Waals surface area contributed by atoms with Crippen LogP contribution in [0.4, 0.5) is 29.2 Å². The molecule has 8 nitrogen and oxygen atoms in total. The molecule has 3 saturated heterocycles. The molecule has 1 aromatic carbocycles. The van der Waals surface area contributed by atoms with E-state index < -0.39 is 28.8 Å². The SMILES string of the molecule is CC[C@@H]1NCCN2c3nc(OCC45CCCN4CCC5)nc4c(F)c(-c5nc(N)cc(C)c5C(F)(F)F)c(Cl)c(c34)CCCC12. The number of nitrogens with one attached hydrogen (secondary N) is 1. The minimum absolute atomic E-state index is 0.0161. The van der Waals surface area contributed by atoms with E-state index in [1.54, 1.807) is 0 Å². The Morgan fingerprint density at radius 2 is 1.89 bits per heavy atom. The number of anilines is 2. The van der Waals surface area contributed by atoms with Gasteiger partial charge in [-0.15, -0.1) is 0 Å². The molecule has 1 unspecified atom stereocenters. The number of alkyl halides is 3. The highest BCUT2D eigenvalue weighted by Crippen LogP contribution is 2.48. The molecule has 0 saturated carbocycles. The molecule has 2 atom stereocenters. The van der Waals surface area contributed by atoms with Crippen LogP contribution in [-0.2, 0) is 12.6 Å². The topological polar surface area (TPSA) is 92.4 Å². The van der Waals surface area contributed by atoms with Crippen LogP contribution < -0.4 is 20.7 Å². The normalized spacial score (nSPS) is 23.1. The summed E-state index contributed by atoms with van der Waals surface area (Å²) < 4.78 is 66.7. The Morgan fingerprint density at radius 3 is 2.60 bits per heavy atom. The van der Waals surface area contributed by atoms with Gasteiger partial charge >= 0.3 is 12.2 Å². The zero-order valence-corrected chi connectivity index (χ0v) is 26.3. The fourth-order valence-electron chi connectivity index (χ4n) is 8.37. The van der Waals surface area contributed by atoms with Crippen LogP contribution in [0.2, 0.25) is 5.02 Å². The fourth-order valence-corrected chi connectivity index (χ4v) is 8.73. The number of piperazine rings is 1. The molecule has 0 aliphatic carbocycles. The summed E-state index contributed by atoms with van der Waals surface area (Å²) in [7, 11) is 0. The van der Waals surface area contributed by atoms with Crippen molar-refractivity contribution in [3.05, 3.63) is 33.6 Å². The van der Waals surface area contributed by atoms with E-state index in [-0.39, 0.29) is 45.6 Å². The monoisotopic (exact) mass is 647 g/mol. The van der Waals surface area contributed by atoms with E-state index in [0.29, 0.717) is 49.3 Å². The molecular formula is C32H38ClF4N7O. The van der Waals surface area contributed by atoms with Crippen molar-refractivity contribution < 1.29 is 22.3 Å². The molecule has 6 heterocycles. The minimum atomic E-state index is -4.82. The number of benzene rings is 1. The van der Waals surface area contributed by atoms with Gasteiger partial charge in [0.25, 0.3) is 0 Å². The quantitative estimate of drug-likeness (QED) is 0.312. The highest BCUT2D eigenvalue weighted by Gasteiger charge is 2.45. The first kappa shape index (κ1) is 30.7. The first-order valence-corrected chi connectivity index (χ1v) is 16.3. The van der Waals surface area contributed by atoms with Crippen molar-refractivity contribution in [3.63, 3.8) is 0 Å². The number of aryl methyl sites for hydroxylation is 2. The number of nitrogen functional groups attached to an aromatic ring is 1. The van der Waals surface area contributed by atoms with E-state index >= 15 is 4.39 Å². The van der Waals surface area contributed by atoms with E-state index in [4.69, 9.17) is 27.1 Å². The highest BCUT2D eigenvalue weighted by molar-refractivity contribution is 6.35. The van der Waals surface area contributed by atoms with Gasteiger partial charge in [0.2, 0.25) is 0 Å². The van der Waals surface area contributed by atoms with Gasteiger partial charge in [0.15, 0.2) is 5.82 Å². The molecule has 3 N–H and O–H groups in total. The van der Waals surface area contributed by atoms with Gasteiger partial charge in [-0.2, -0.15) is 23.1 Å². The second-order valence-corrected chi connectivity index (χ2v) is 13.3. The van der Waals surface area contributed by atoms with Gasteiger partial charge in [0, 0.05) is 25.2 Å². The number of nitrogens with zero attached hydrogens (tertiary/aromatic N) is 5. The van der Waals surface area contributed by atoms with Crippen molar-refractivity contribution in [1.82, 2.24) is 25.2 Å². The molecule has 0 amide bonds. The lowest BCUT2D eigenvalue weighted by Gasteiger charge is -2.44. The number of hydrogen-bond acceptors (Lipinski definition) is 8. The molecule has 2 aromatic heterocycles. The van der Waals surface area contributed by atoms with Crippen LogP contribution in [0.3, 0.4) is 0 Å². The van der Waals surface area contributed by atoms with Gasteiger partial charge in [0.05, 0.1) is 32.8 Å². The molecule has 7 rings (SSSR count). The Labute approximate surface area is 264 Å². The third-order valence-corrected chi connectivity index (χ3v) is 10.8. The van der Waals surface area contributed by atoms with Crippen molar-refractivity contribution in [1.29, 1.82) is 0 Å². The lowest BCUT2D eigenvalue weighted by molar-refractivity contribution is -0.137. The average Bonchev–Trinajstić information content (AvgIpc) is 3.56. The van der Waals surface area contributed by atoms with Crippen molar-refractivity contribution in [2.75, 3.05) is 43.4 Å². The fraction of sp³-hybridized carbons (Fsp3) is 0.594. The Balaban J connectivity index is 1.46. The molecule has 13 heteroatoms. The van der Waals surface area contributed by atoms with Gasteiger partial charge in [0.1, 0.15) is 23.8 Å². The number of halogens is 5. The number of hydrogen-bond donors (Lipinski definition) is 2. The summed E-state index contributed by atoms with van der Waals surface area (Å²) in [5, 5.41) is 3.91. The van der Waals surface area contributed by atoms with E-state index in [0.717, 1.165) is 57.7 Å². The van der Waals surface area contributed by atoms with Gasteiger partial charge in [-0.25, -0.2) is 9.37 Å². The van der Waals surface area contributed by atoms with Crippen LogP contribution in [0, 0.1) is 12.7 Å². The van der Waals surface area contributed by atoms with Crippen LogP contribution in [0.5, 0.6) is 6.01 Å². The standard InChI is InChI=1S/C32H38ClF4N7O/c1-3-19-20-8-4-7-18-22-28(26(34)23(25(18)33)27-24(32(35,36)37)17(2)15-21(38)40-27)41-30(42-29(22)44(20)14-11-39-19)45-16-31-9-5-12-43(31)13-6-10-31/h15,19-20,39H,3-14,16H2,1-2H3,(H2,38,40)/t19-,20?/m0/s1. The lowest BCUT2D eigenvalue weighted by atomic mass is 9.89. The largest absolute Gasteiger partial charge is 0.461 e. The summed E-state index contributed by atoms with van der Waals surface area (Å²) in [5.41, 5.74) is 3.91. The second kappa shape index (κ2) is 11.4. The lowest BCUT2D eigenvalue weighted by Crippen LogP contribution is -2.58. The van der Waals surface area contributed by atoms with Crippen molar-refractivity contribution in [2.45, 2.75) is 89.0 Å². The maximum absolute atomic E-state index is 17.0. The number of nitrogens with two attached hydrogens (primary N) is 1. The summed E-state index contributed by atoms with van der Waals surface area (Å²) in [5.74, 6) is -0.634. The first-order chi connectivity index (χ1) is 21.5. The Kier molecular flexibility index (Phi) is 7.76. The van der Waals surface area contributed by atoms with E-state index in [1.807, 2.05) is 0 Å². The molecule has 3 aromatic rings. The Morgan fingerprint density at radius 1 is 1.13 bits per heavy atom. The summed E-state index contributed by atoms with van der Waals surface area (Å²) in [4.78, 5) is 18.2. The molecule has 4 aliphatic rings. The summed E-state index contributed by atoms with van der Waals surface area (Å²) in [6, 6.07) is 1.45. The molecule has 242 valence electrons. The number of pyridine rings is 1. The van der Waals surface area contributed by atoms with Gasteiger partial charge in [-0.05, 0) is 88.6 Å². The van der Waals surface area contributed by atoms with Crippen molar-refractivity contribution in [2.24, 2.45) is 0 Å². The molecular weight excluding hydrogens is 610 g/mol. The molecule has 3 fully saturated rings. The van der Waals surface area contributed by atoms with Crippen LogP contribution in [0.15, 0.2) is 6.07 Å². The summed E-state index contributed by atoms with van der Waals surface area (Å²) in [6.45, 7) is 7.15. The zero-order chi connectivity index (χ0) is 31.7. The summed E-state index contributed by atoms with van der Waals surface area (Å²) in [6.07, 6.45) is 2.18.